The zero-order valence-corrected chi connectivity index (χ0v) is 4.66. The van der Waals surface area contributed by atoms with Crippen LogP contribution in [-0.4, -0.2) is 10.5 Å². The second-order valence-electron chi connectivity index (χ2n) is 0.516. The molecule has 0 nitrogen and oxygen atoms in total. The van der Waals surface area contributed by atoms with Gasteiger partial charge in [0.1, 0.15) is 0 Å². The third-order valence-electron chi connectivity index (χ3n) is 0.203. The Morgan fingerprint density at radius 1 is 2.00 bits per heavy atom. The van der Waals surface area contributed by atoms with E-state index in [9.17, 15) is 0 Å². The van der Waals surface area contributed by atoms with Gasteiger partial charge in [-0.05, 0) is 0 Å². The second kappa shape index (κ2) is 4.35. The van der Waals surface area contributed by atoms with Crippen LogP contribution in [0.5, 0.6) is 0 Å². The summed E-state index contributed by atoms with van der Waals surface area (Å²) in [6, 6.07) is 0. The molecule has 0 aromatic heterocycles. The fourth-order valence-corrected chi connectivity index (χ4v) is 0.530. The summed E-state index contributed by atoms with van der Waals surface area (Å²) in [4.78, 5) is 0. The zero-order chi connectivity index (χ0) is 4.12. The highest BCUT2D eigenvalue weighted by molar-refractivity contribution is 8.20. The third kappa shape index (κ3) is 4.35. The van der Waals surface area contributed by atoms with Crippen molar-refractivity contribution in [3.05, 3.63) is 0 Å². The summed E-state index contributed by atoms with van der Waals surface area (Å²) in [5, 5.41) is 0. The van der Waals surface area contributed by atoms with E-state index >= 15 is 0 Å². The molecule has 0 rings (SSSR count). The summed E-state index contributed by atoms with van der Waals surface area (Å²) < 4.78 is 2.52. The Labute approximate surface area is 42.0 Å². The van der Waals surface area contributed by atoms with Crippen LogP contribution in [0, 0.1) is 0 Å². The minimum Gasteiger partial charge on any atom is -0.0515 e. The van der Waals surface area contributed by atoms with Gasteiger partial charge >= 0.3 is 4.70 Å². The van der Waals surface area contributed by atoms with Gasteiger partial charge in [-0.3, -0.25) is 0 Å². The van der Waals surface area contributed by atoms with Crippen LogP contribution in [0.25, 0.3) is 0 Å². The summed E-state index contributed by atoms with van der Waals surface area (Å²) in [6.45, 7) is 2.05. The smallest absolute Gasteiger partial charge is 0.0515 e. The van der Waals surface area contributed by atoms with Crippen LogP contribution >= 0.6 is 24.0 Å². The zero-order valence-electron chi connectivity index (χ0n) is 3.02. The van der Waals surface area contributed by atoms with E-state index in [1.54, 1.807) is 0 Å². The van der Waals surface area contributed by atoms with Crippen molar-refractivity contribution in [3.63, 3.8) is 0 Å². The maximum absolute atomic E-state index is 4.36. The van der Waals surface area contributed by atoms with Crippen molar-refractivity contribution in [1.29, 1.82) is 0 Å². The van der Waals surface area contributed by atoms with Gasteiger partial charge < -0.3 is 0 Å². The number of hydrogen-bond acceptors (Lipinski definition) is 2. The summed E-state index contributed by atoms with van der Waals surface area (Å²) in [7, 11) is 0. The first-order valence-electron chi connectivity index (χ1n) is 1.40. The Bertz CT molecular complexity index is 26.1. The van der Waals surface area contributed by atoms with E-state index in [1.165, 1.54) is 11.8 Å². The molecule has 2 heteroatoms. The third-order valence-corrected chi connectivity index (χ3v) is 0.963. The van der Waals surface area contributed by atoms with E-state index < -0.39 is 0 Å². The average molecular weight is 105 g/mol. The Balaban J connectivity index is 2.40. The lowest BCUT2D eigenvalue weighted by atomic mass is 11.0. The van der Waals surface area contributed by atoms with E-state index in [0.29, 0.717) is 0 Å². The van der Waals surface area contributed by atoms with Crippen molar-refractivity contribution in [2.75, 3.05) is 5.75 Å². The molecule has 0 atom stereocenters. The first-order valence-corrected chi connectivity index (χ1v) is 2.80. The van der Waals surface area contributed by atoms with Gasteiger partial charge in [0.15, 0.2) is 11.8 Å². The molecule has 0 heterocycles. The molecule has 0 amide bonds. The first-order chi connectivity index (χ1) is 2.41. The lowest BCUT2D eigenvalue weighted by Crippen LogP contribution is -1.57. The molecule has 0 aromatic rings. The van der Waals surface area contributed by atoms with Gasteiger partial charge in [0, 0.05) is 5.75 Å². The molecule has 5 heavy (non-hydrogen) atoms. The molecular weight excluding hydrogens is 100 g/mol. The lowest BCUT2D eigenvalue weighted by molar-refractivity contribution is 1.54. The molecule has 0 fully saturated rings. The van der Waals surface area contributed by atoms with Crippen molar-refractivity contribution < 1.29 is 0 Å². The molecular formula is C3H5S2+. The van der Waals surface area contributed by atoms with Crippen LogP contribution in [-0.2, 0) is 0 Å². The van der Waals surface area contributed by atoms with E-state index in [1.807, 2.05) is 6.92 Å². The predicted octanol–water partition coefficient (Wildman–Crippen LogP) is 1.57. The highest BCUT2D eigenvalue weighted by Crippen LogP contribution is 1.88. The van der Waals surface area contributed by atoms with E-state index in [4.69, 9.17) is 0 Å². The Hall–Kier alpha value is 0.350. The normalized spacial score (nSPS) is 6.60. The van der Waals surface area contributed by atoms with Gasteiger partial charge in [0.05, 0.1) is 0 Å². The van der Waals surface area contributed by atoms with E-state index in [2.05, 4.69) is 16.9 Å². The molecule has 0 bridgehead atoms. The molecule has 0 radical (unpaired) electrons. The van der Waals surface area contributed by atoms with Crippen molar-refractivity contribution in [3.8, 4) is 0 Å². The monoisotopic (exact) mass is 105 g/mol. The van der Waals surface area contributed by atoms with Crippen molar-refractivity contribution in [2.24, 2.45) is 0 Å². The minimum absolute atomic E-state index is 1.05. The maximum atomic E-state index is 4.36. The highest BCUT2D eigenvalue weighted by Gasteiger charge is 1.85. The van der Waals surface area contributed by atoms with Crippen LogP contribution in [0.2, 0.25) is 0 Å². The van der Waals surface area contributed by atoms with Crippen molar-refractivity contribution >= 4 is 28.7 Å². The van der Waals surface area contributed by atoms with Crippen LogP contribution in [0.15, 0.2) is 0 Å². The van der Waals surface area contributed by atoms with E-state index in [0.717, 1.165) is 5.75 Å². The van der Waals surface area contributed by atoms with Crippen LogP contribution in [0.3, 0.4) is 0 Å². The number of thiocarbonyl (C=S) groups is 1. The standard InChI is InChI=1S/C3H5S2/c1-2-5-3-4/h2H2,1H3/q+1. The van der Waals surface area contributed by atoms with Crippen molar-refractivity contribution in [2.45, 2.75) is 6.92 Å². The van der Waals surface area contributed by atoms with Gasteiger partial charge in [-0.1, -0.05) is 6.92 Å². The van der Waals surface area contributed by atoms with Crippen LogP contribution in [0.1, 0.15) is 6.92 Å². The topological polar surface area (TPSA) is 0 Å². The predicted molar refractivity (Wildman–Crippen MR) is 30.7 cm³/mol. The highest BCUT2D eigenvalue weighted by atomic mass is 32.2. The molecule has 28 valence electrons. The average Bonchev–Trinajstić information content (AvgIpc) is 1.41. The van der Waals surface area contributed by atoms with Gasteiger partial charge in [-0.25, -0.2) is 0 Å². The number of thioether (sulfide) groups is 1. The number of rotatable bonds is 2. The fourth-order valence-electron chi connectivity index (χ4n) is 0.0589. The SMILES string of the molecule is CCS[C+]=S. The quantitative estimate of drug-likeness (QED) is 0.386. The van der Waals surface area contributed by atoms with Crippen LogP contribution < -0.4 is 0 Å². The van der Waals surface area contributed by atoms with Crippen molar-refractivity contribution in [1.82, 2.24) is 0 Å². The van der Waals surface area contributed by atoms with Gasteiger partial charge in [-0.2, -0.15) is 0 Å². The molecule has 0 unspecified atom stereocenters. The maximum Gasteiger partial charge on any atom is 0.405 e. The lowest BCUT2D eigenvalue weighted by Gasteiger charge is -1.53. The Kier molecular flexibility index (Phi) is 4.65. The second-order valence-corrected chi connectivity index (χ2v) is 2.05. The summed E-state index contributed by atoms with van der Waals surface area (Å²) >= 11 is 5.89. The van der Waals surface area contributed by atoms with Gasteiger partial charge in [-0.15, -0.1) is 0 Å². The molecule has 0 saturated carbocycles. The molecule has 0 aliphatic carbocycles. The molecule has 0 aliphatic heterocycles. The molecule has 0 aromatic carbocycles. The summed E-state index contributed by atoms with van der Waals surface area (Å²) in [5.74, 6) is 1.05. The molecule has 0 aliphatic rings. The largest absolute Gasteiger partial charge is 0.405 e. The minimum atomic E-state index is 1.05. The van der Waals surface area contributed by atoms with Crippen LogP contribution in [0.4, 0.5) is 0 Å². The van der Waals surface area contributed by atoms with E-state index in [-0.39, 0.29) is 0 Å². The summed E-state index contributed by atoms with van der Waals surface area (Å²) in [6.07, 6.45) is 0. The summed E-state index contributed by atoms with van der Waals surface area (Å²) in [5.41, 5.74) is 0. The first kappa shape index (κ1) is 5.35. The molecule has 0 saturated heterocycles. The molecule has 0 spiro atoms. The number of hydrogen-bond donors (Lipinski definition) is 0. The van der Waals surface area contributed by atoms with Gasteiger partial charge in [0.2, 0.25) is 0 Å². The Morgan fingerprint density at radius 2 is 2.60 bits per heavy atom. The fraction of sp³-hybridized carbons (Fsp3) is 0.667. The molecule has 0 N–H and O–H groups in total. The Morgan fingerprint density at radius 3 is 2.60 bits per heavy atom. The van der Waals surface area contributed by atoms with Gasteiger partial charge in [0.25, 0.3) is 12.2 Å².